The third-order valence-corrected chi connectivity index (χ3v) is 4.78. The van der Waals surface area contributed by atoms with Crippen LogP contribution in [-0.2, 0) is 4.79 Å². The van der Waals surface area contributed by atoms with Gasteiger partial charge in [-0.25, -0.2) is 0 Å². The summed E-state index contributed by atoms with van der Waals surface area (Å²) in [5, 5.41) is 0. The molecule has 3 nitrogen and oxygen atoms in total. The topological polar surface area (TPSA) is 23.6 Å². The number of carbonyl (C=O) groups excluding carboxylic acids is 1. The molecule has 0 aromatic carbocycles. The molecule has 0 N–H and O–H groups in total. The number of hydrogen-bond donors (Lipinski definition) is 0. The number of unbranched alkanes of at least 4 members (excludes halogenated alkanes) is 1. The quantitative estimate of drug-likeness (QED) is 0.301. The molecule has 0 aromatic heterocycles. The SMILES string of the molecule is CC/C=C\C/C=C\C/C=C\C/C=C\C/C=C\CCCC(=O)N1CCN(C)CC1. The summed E-state index contributed by atoms with van der Waals surface area (Å²) in [5.41, 5.74) is 0. The lowest BCUT2D eigenvalue weighted by atomic mass is 10.2. The number of nitrogens with zero attached hydrogens (tertiary/aromatic N) is 2. The maximum atomic E-state index is 12.1. The molecule has 28 heavy (non-hydrogen) atoms. The Hall–Kier alpha value is -1.87. The first kappa shape index (κ1) is 24.2. The maximum absolute atomic E-state index is 12.1. The van der Waals surface area contributed by atoms with Crippen LogP contribution in [0.25, 0.3) is 0 Å². The van der Waals surface area contributed by atoms with E-state index < -0.39 is 0 Å². The minimum Gasteiger partial charge on any atom is -0.340 e. The van der Waals surface area contributed by atoms with Crippen LogP contribution in [0.3, 0.4) is 0 Å². The molecule has 0 unspecified atom stereocenters. The summed E-state index contributed by atoms with van der Waals surface area (Å²) in [5.74, 6) is 0.320. The average Bonchev–Trinajstić information content (AvgIpc) is 2.70. The Morgan fingerprint density at radius 3 is 1.68 bits per heavy atom. The first-order valence-electron chi connectivity index (χ1n) is 10.9. The highest BCUT2D eigenvalue weighted by molar-refractivity contribution is 5.76. The predicted octanol–water partition coefficient (Wildman–Crippen LogP) is 5.68. The van der Waals surface area contributed by atoms with E-state index in [9.17, 15) is 4.79 Å². The normalized spacial score (nSPS) is 16.7. The molecule has 1 saturated heterocycles. The van der Waals surface area contributed by atoms with Crippen LogP contribution in [0.4, 0.5) is 0 Å². The first-order valence-corrected chi connectivity index (χ1v) is 10.9. The third kappa shape index (κ3) is 13.3. The minimum absolute atomic E-state index is 0.320. The Morgan fingerprint density at radius 2 is 1.18 bits per heavy atom. The van der Waals surface area contributed by atoms with Gasteiger partial charge in [0.15, 0.2) is 0 Å². The van der Waals surface area contributed by atoms with Gasteiger partial charge < -0.3 is 9.80 Å². The van der Waals surface area contributed by atoms with Crippen LogP contribution < -0.4 is 0 Å². The largest absolute Gasteiger partial charge is 0.340 e. The summed E-state index contributed by atoms with van der Waals surface area (Å²) in [7, 11) is 2.11. The highest BCUT2D eigenvalue weighted by Gasteiger charge is 2.17. The third-order valence-electron chi connectivity index (χ3n) is 4.78. The van der Waals surface area contributed by atoms with Crippen molar-refractivity contribution >= 4 is 5.91 Å². The number of piperazine rings is 1. The van der Waals surface area contributed by atoms with E-state index in [1.807, 2.05) is 4.90 Å². The number of rotatable bonds is 13. The van der Waals surface area contributed by atoms with Crippen molar-refractivity contribution in [2.75, 3.05) is 33.2 Å². The van der Waals surface area contributed by atoms with E-state index in [1.165, 1.54) is 0 Å². The van der Waals surface area contributed by atoms with Gasteiger partial charge in [-0.15, -0.1) is 0 Å². The van der Waals surface area contributed by atoms with Gasteiger partial charge in [0.1, 0.15) is 0 Å². The fourth-order valence-corrected chi connectivity index (χ4v) is 2.95. The van der Waals surface area contributed by atoms with Crippen LogP contribution in [0, 0.1) is 0 Å². The summed E-state index contributed by atoms with van der Waals surface area (Å²) in [6, 6.07) is 0. The summed E-state index contributed by atoms with van der Waals surface area (Å²) in [6.07, 6.45) is 29.9. The van der Waals surface area contributed by atoms with E-state index in [1.54, 1.807) is 0 Å². The second-order valence-electron chi connectivity index (χ2n) is 7.28. The zero-order valence-corrected chi connectivity index (χ0v) is 18.1. The van der Waals surface area contributed by atoms with Crippen molar-refractivity contribution in [2.45, 2.75) is 58.3 Å². The Balaban J connectivity index is 1.96. The standard InChI is InChI=1S/C25H40N2O/c1-3-4-5-6-7-8-9-10-11-12-13-14-15-16-17-18-19-20-25(28)27-23-21-26(2)22-24-27/h4-5,7-8,10-11,13-14,16-17H,3,6,9,12,15,18-24H2,1-2H3/b5-4-,8-7-,11-10-,14-13-,17-16-. The molecular weight excluding hydrogens is 344 g/mol. The second-order valence-corrected chi connectivity index (χ2v) is 7.28. The Labute approximate surface area is 173 Å². The number of carbonyl (C=O) groups is 1. The molecule has 0 radical (unpaired) electrons. The smallest absolute Gasteiger partial charge is 0.222 e. The van der Waals surface area contributed by atoms with Crippen LogP contribution in [0.15, 0.2) is 60.8 Å². The average molecular weight is 385 g/mol. The van der Waals surface area contributed by atoms with E-state index in [0.29, 0.717) is 12.3 Å². The predicted molar refractivity (Wildman–Crippen MR) is 122 cm³/mol. The molecule has 1 aliphatic heterocycles. The van der Waals surface area contributed by atoms with Gasteiger partial charge >= 0.3 is 0 Å². The molecule has 0 saturated carbocycles. The second kappa shape index (κ2) is 17.2. The maximum Gasteiger partial charge on any atom is 0.222 e. The summed E-state index contributed by atoms with van der Waals surface area (Å²) in [6.45, 7) is 5.93. The Morgan fingerprint density at radius 1 is 0.714 bits per heavy atom. The number of likely N-dealkylation sites (N-methyl/N-ethyl adjacent to an activating group) is 1. The van der Waals surface area contributed by atoms with Crippen LogP contribution in [0.5, 0.6) is 0 Å². The molecule has 156 valence electrons. The van der Waals surface area contributed by atoms with Crippen LogP contribution >= 0.6 is 0 Å². The summed E-state index contributed by atoms with van der Waals surface area (Å²) in [4.78, 5) is 16.4. The molecule has 3 heteroatoms. The molecule has 1 aliphatic rings. The molecule has 0 spiro atoms. The van der Waals surface area contributed by atoms with Gasteiger partial charge in [-0.1, -0.05) is 67.7 Å². The van der Waals surface area contributed by atoms with Gasteiger partial charge in [-0.05, 0) is 52.0 Å². The number of hydrogen-bond acceptors (Lipinski definition) is 2. The molecule has 1 heterocycles. The van der Waals surface area contributed by atoms with Gasteiger partial charge in [-0.2, -0.15) is 0 Å². The lowest BCUT2D eigenvalue weighted by Gasteiger charge is -2.32. The molecule has 1 rings (SSSR count). The van der Waals surface area contributed by atoms with Crippen molar-refractivity contribution in [3.63, 3.8) is 0 Å². The molecular formula is C25H40N2O. The van der Waals surface area contributed by atoms with Crippen molar-refractivity contribution in [3.8, 4) is 0 Å². The van der Waals surface area contributed by atoms with E-state index in [-0.39, 0.29) is 0 Å². The fraction of sp³-hybridized carbons (Fsp3) is 0.560. The van der Waals surface area contributed by atoms with E-state index in [2.05, 4.69) is 79.6 Å². The molecule has 1 amide bonds. The van der Waals surface area contributed by atoms with Crippen molar-refractivity contribution in [2.24, 2.45) is 0 Å². The Kier molecular flexibility index (Phi) is 14.9. The molecule has 0 aliphatic carbocycles. The van der Waals surface area contributed by atoms with Gasteiger partial charge in [0.25, 0.3) is 0 Å². The lowest BCUT2D eigenvalue weighted by molar-refractivity contribution is -0.132. The Bertz CT molecular complexity index is 535. The molecule has 0 bridgehead atoms. The highest BCUT2D eigenvalue weighted by Crippen LogP contribution is 2.06. The number of amides is 1. The van der Waals surface area contributed by atoms with Gasteiger partial charge in [-0.3, -0.25) is 4.79 Å². The van der Waals surface area contributed by atoms with Crippen LogP contribution in [0.2, 0.25) is 0 Å². The van der Waals surface area contributed by atoms with Gasteiger partial charge in [0.2, 0.25) is 5.91 Å². The van der Waals surface area contributed by atoms with Gasteiger partial charge in [0, 0.05) is 32.6 Å². The monoisotopic (exact) mass is 384 g/mol. The van der Waals surface area contributed by atoms with E-state index in [4.69, 9.17) is 0 Å². The van der Waals surface area contributed by atoms with Crippen molar-refractivity contribution in [1.82, 2.24) is 9.80 Å². The summed E-state index contributed by atoms with van der Waals surface area (Å²) >= 11 is 0. The first-order chi connectivity index (χ1) is 13.7. The zero-order chi connectivity index (χ0) is 20.3. The molecule has 0 atom stereocenters. The minimum atomic E-state index is 0.320. The fourth-order valence-electron chi connectivity index (χ4n) is 2.95. The van der Waals surface area contributed by atoms with E-state index >= 15 is 0 Å². The van der Waals surface area contributed by atoms with E-state index in [0.717, 1.165) is 71.1 Å². The highest BCUT2D eigenvalue weighted by atomic mass is 16.2. The molecule has 0 aromatic rings. The van der Waals surface area contributed by atoms with Crippen molar-refractivity contribution < 1.29 is 4.79 Å². The lowest BCUT2D eigenvalue weighted by Crippen LogP contribution is -2.47. The van der Waals surface area contributed by atoms with Crippen LogP contribution in [0.1, 0.15) is 58.3 Å². The van der Waals surface area contributed by atoms with Crippen molar-refractivity contribution in [3.05, 3.63) is 60.8 Å². The van der Waals surface area contributed by atoms with Crippen molar-refractivity contribution in [1.29, 1.82) is 0 Å². The summed E-state index contributed by atoms with van der Waals surface area (Å²) < 4.78 is 0. The van der Waals surface area contributed by atoms with Gasteiger partial charge in [0.05, 0.1) is 0 Å². The van der Waals surface area contributed by atoms with Crippen LogP contribution in [-0.4, -0.2) is 48.9 Å². The molecule has 1 fully saturated rings. The zero-order valence-electron chi connectivity index (χ0n) is 18.1. The number of allylic oxidation sites excluding steroid dienone is 10.